The van der Waals surface area contributed by atoms with E-state index in [4.69, 9.17) is 6.85 Å². The Morgan fingerprint density at radius 2 is 1.42 bits per heavy atom. The third-order valence-electron chi connectivity index (χ3n) is 10.6. The van der Waals surface area contributed by atoms with Crippen molar-refractivity contribution in [2.24, 2.45) is 0 Å². The van der Waals surface area contributed by atoms with Crippen LogP contribution in [0.5, 0.6) is 0 Å². The van der Waals surface area contributed by atoms with Gasteiger partial charge in [0.2, 0.25) is 0 Å². The van der Waals surface area contributed by atoms with E-state index in [-0.39, 0.29) is 41.2 Å². The molecule has 0 fully saturated rings. The number of aromatic nitrogens is 1. The van der Waals surface area contributed by atoms with Gasteiger partial charge < -0.3 is 9.47 Å². The molecule has 0 aliphatic carbocycles. The summed E-state index contributed by atoms with van der Waals surface area (Å²) in [6, 6.07) is 30.8. The van der Waals surface area contributed by atoms with Crippen LogP contribution in [-0.2, 0) is 5.41 Å². The fraction of sp³-hybridized carbons (Fsp3) is 0.0870. The zero-order valence-electron chi connectivity index (χ0n) is 35.6. The van der Waals surface area contributed by atoms with Gasteiger partial charge in [-0.25, -0.2) is 0 Å². The van der Waals surface area contributed by atoms with Gasteiger partial charge in [-0.3, -0.25) is 0 Å². The van der Waals surface area contributed by atoms with E-state index in [0.29, 0.717) is 22.6 Å². The third-order valence-corrected chi connectivity index (χ3v) is 11.7. The lowest BCUT2D eigenvalue weighted by atomic mass is 9.34. The Morgan fingerprint density at radius 1 is 0.620 bits per heavy atom. The molecule has 2 aromatic heterocycles. The van der Waals surface area contributed by atoms with Gasteiger partial charge in [0.1, 0.15) is 0 Å². The molecule has 0 unspecified atom stereocenters. The molecule has 0 atom stereocenters. The standard InChI is InChI=1S/C46H33BN2S/c1-46(2,3)30-20-22-31(23-21-30)48-37-16-10-17-38-44(37)47(34-24-19-29(27-39(34)48)28-11-5-4-6-12-28)35-15-9-14-33-42-36(49(38)45(33)35)25-26-41-43(42)32-13-7-8-18-40(32)50-41/h4-27H,1-3H3/i4D,5D,6D,10D,11D,12D,16D,17D. The Bertz CT molecular complexity index is 3300. The van der Waals surface area contributed by atoms with Crippen molar-refractivity contribution in [1.29, 1.82) is 0 Å². The molecule has 9 aromatic rings. The van der Waals surface area contributed by atoms with Gasteiger partial charge in [0.05, 0.1) is 16.5 Å². The van der Waals surface area contributed by atoms with Crippen molar-refractivity contribution in [2.45, 2.75) is 26.2 Å². The van der Waals surface area contributed by atoms with Crippen LogP contribution in [-0.4, -0.2) is 11.3 Å². The van der Waals surface area contributed by atoms with Crippen LogP contribution in [0.25, 0.3) is 58.8 Å². The largest absolute Gasteiger partial charge is 0.311 e. The van der Waals surface area contributed by atoms with Crippen LogP contribution < -0.4 is 21.3 Å². The van der Waals surface area contributed by atoms with E-state index in [9.17, 15) is 4.11 Å². The van der Waals surface area contributed by atoms with E-state index >= 15 is 0 Å². The molecular formula is C46H33BN2S. The van der Waals surface area contributed by atoms with Crippen LogP contribution in [0.3, 0.4) is 0 Å². The number of rotatable bonds is 2. The second-order valence-electron chi connectivity index (χ2n) is 14.3. The summed E-state index contributed by atoms with van der Waals surface area (Å²) < 4.78 is 76.1. The Hall–Kier alpha value is -5.58. The SMILES string of the molecule is [2H]c1c([2H])c([2H])c(-c2ccc3c(c2)N(c2ccc(C(C)(C)C)cc2)c2c([2H])c([2H])c([2H])c4c2B3c2cccc3c5c6c(ccc5n-4c23)sc2ccccc26)c([2H])c1[2H]. The molecule has 4 heteroatoms. The highest BCUT2D eigenvalue weighted by molar-refractivity contribution is 7.26. The van der Waals surface area contributed by atoms with E-state index in [1.165, 1.54) is 14.8 Å². The number of hydrogen-bond donors (Lipinski definition) is 0. The summed E-state index contributed by atoms with van der Waals surface area (Å²) in [5.74, 6) is 0. The molecule has 0 amide bonds. The first-order chi connectivity index (χ1) is 27.8. The summed E-state index contributed by atoms with van der Waals surface area (Å²) in [7, 11) is 0. The number of para-hydroxylation sites is 1. The molecule has 0 spiro atoms. The molecule has 4 heterocycles. The molecular weight excluding hydrogens is 623 g/mol. The summed E-state index contributed by atoms with van der Waals surface area (Å²) >= 11 is 1.76. The first-order valence-corrected chi connectivity index (χ1v) is 17.7. The molecule has 2 aliphatic heterocycles. The maximum absolute atomic E-state index is 9.67. The maximum Gasteiger partial charge on any atom is 0.252 e. The van der Waals surface area contributed by atoms with Crippen LogP contribution in [0.15, 0.2) is 145 Å². The van der Waals surface area contributed by atoms with E-state index in [2.05, 4.69) is 92.1 Å². The minimum atomic E-state index is -0.454. The van der Waals surface area contributed by atoms with E-state index < -0.39 is 24.8 Å². The second-order valence-corrected chi connectivity index (χ2v) is 15.4. The van der Waals surface area contributed by atoms with Gasteiger partial charge in [-0.1, -0.05) is 118 Å². The van der Waals surface area contributed by atoms with Crippen LogP contribution in [0.1, 0.15) is 37.3 Å². The van der Waals surface area contributed by atoms with Gasteiger partial charge in [0.25, 0.3) is 6.71 Å². The minimum absolute atomic E-state index is 0.0143. The molecule has 11 rings (SSSR count). The van der Waals surface area contributed by atoms with Crippen molar-refractivity contribution >= 4 is 93.5 Å². The van der Waals surface area contributed by atoms with E-state index in [0.717, 1.165) is 54.8 Å². The molecule has 2 nitrogen and oxygen atoms in total. The molecule has 7 aromatic carbocycles. The summed E-state index contributed by atoms with van der Waals surface area (Å²) in [4.78, 5) is 1.98. The van der Waals surface area contributed by atoms with E-state index in [1.807, 2.05) is 35.2 Å². The van der Waals surface area contributed by atoms with Crippen molar-refractivity contribution < 1.29 is 11.0 Å². The van der Waals surface area contributed by atoms with Crippen LogP contribution in [0, 0.1) is 0 Å². The fourth-order valence-corrected chi connectivity index (χ4v) is 9.51. The lowest BCUT2D eigenvalue weighted by Crippen LogP contribution is -2.60. The summed E-state index contributed by atoms with van der Waals surface area (Å²) in [5, 5.41) is 4.47. The quantitative estimate of drug-likeness (QED) is 0.167. The van der Waals surface area contributed by atoms with Crippen molar-refractivity contribution in [3.05, 3.63) is 151 Å². The summed E-state index contributed by atoms with van der Waals surface area (Å²) in [6.07, 6.45) is 0. The molecule has 0 bridgehead atoms. The van der Waals surface area contributed by atoms with Gasteiger partial charge in [-0.05, 0) is 87.0 Å². The average Bonchev–Trinajstić information content (AvgIpc) is 3.77. The van der Waals surface area contributed by atoms with Crippen molar-refractivity contribution in [2.75, 3.05) is 4.90 Å². The van der Waals surface area contributed by atoms with Gasteiger partial charge in [0.15, 0.2) is 0 Å². The minimum Gasteiger partial charge on any atom is -0.311 e. The first kappa shape index (κ1) is 21.5. The summed E-state index contributed by atoms with van der Waals surface area (Å²) in [6.45, 7) is 6.01. The van der Waals surface area contributed by atoms with Gasteiger partial charge >= 0.3 is 0 Å². The Labute approximate surface area is 307 Å². The molecule has 0 radical (unpaired) electrons. The molecule has 236 valence electrons. The molecule has 50 heavy (non-hydrogen) atoms. The van der Waals surface area contributed by atoms with Gasteiger partial charge in [-0.15, -0.1) is 11.3 Å². The molecule has 0 N–H and O–H groups in total. The Balaban J connectivity index is 1.30. The molecule has 0 saturated carbocycles. The van der Waals surface area contributed by atoms with Crippen molar-refractivity contribution in [3.8, 4) is 16.8 Å². The smallest absolute Gasteiger partial charge is 0.252 e. The van der Waals surface area contributed by atoms with Crippen LogP contribution in [0.4, 0.5) is 17.1 Å². The monoisotopic (exact) mass is 664 g/mol. The predicted octanol–water partition coefficient (Wildman–Crippen LogP) is 10.7. The highest BCUT2D eigenvalue weighted by Gasteiger charge is 2.42. The summed E-state index contributed by atoms with van der Waals surface area (Å²) in [5.41, 5.74) is 8.57. The molecule has 0 saturated heterocycles. The van der Waals surface area contributed by atoms with Crippen LogP contribution in [0.2, 0.25) is 0 Å². The van der Waals surface area contributed by atoms with Crippen molar-refractivity contribution in [3.63, 3.8) is 0 Å². The zero-order valence-corrected chi connectivity index (χ0v) is 28.4. The lowest BCUT2D eigenvalue weighted by molar-refractivity contribution is 0.590. The third kappa shape index (κ3) is 3.75. The normalized spacial score (nSPS) is 15.7. The fourth-order valence-electron chi connectivity index (χ4n) is 8.39. The average molecular weight is 665 g/mol. The number of thiophene rings is 1. The lowest BCUT2D eigenvalue weighted by Gasteiger charge is -2.40. The second kappa shape index (κ2) is 10.00. The van der Waals surface area contributed by atoms with Crippen LogP contribution >= 0.6 is 11.3 Å². The van der Waals surface area contributed by atoms with Crippen molar-refractivity contribution in [1.82, 2.24) is 4.57 Å². The number of fused-ring (bicyclic) bond motifs is 11. The number of nitrogens with zero attached hydrogens (tertiary/aromatic N) is 2. The Morgan fingerprint density at radius 3 is 2.26 bits per heavy atom. The predicted molar refractivity (Wildman–Crippen MR) is 217 cm³/mol. The zero-order chi connectivity index (χ0) is 40.3. The van der Waals surface area contributed by atoms with Gasteiger partial charge in [-0.2, -0.15) is 0 Å². The first-order valence-electron chi connectivity index (χ1n) is 20.9. The number of hydrogen-bond acceptors (Lipinski definition) is 2. The number of benzene rings is 7. The Kier molecular flexibility index (Phi) is 4.30. The van der Waals surface area contributed by atoms with E-state index in [1.54, 1.807) is 11.3 Å². The van der Waals surface area contributed by atoms with Gasteiger partial charge in [0, 0.05) is 59.2 Å². The maximum atomic E-state index is 9.67. The highest BCUT2D eigenvalue weighted by atomic mass is 32.1. The topological polar surface area (TPSA) is 8.17 Å². The number of anilines is 3. The highest BCUT2D eigenvalue weighted by Crippen LogP contribution is 2.46. The molecule has 2 aliphatic rings.